The molecule has 0 bridgehead atoms. The SMILES string of the molecule is CCc1cc2cccc(Cl)c2c(=O)n1C1CC1.Nc1ncnc2nc[nH]c12. The van der Waals surface area contributed by atoms with E-state index in [2.05, 4.69) is 32.9 Å². The van der Waals surface area contributed by atoms with Crippen LogP contribution >= 0.6 is 11.6 Å². The summed E-state index contributed by atoms with van der Waals surface area (Å²) < 4.78 is 1.94. The van der Waals surface area contributed by atoms with Gasteiger partial charge in [-0.15, -0.1) is 0 Å². The van der Waals surface area contributed by atoms with Gasteiger partial charge in [-0.1, -0.05) is 30.7 Å². The fourth-order valence-electron chi connectivity index (χ4n) is 3.18. The Morgan fingerprint density at radius 2 is 2.11 bits per heavy atom. The molecule has 0 radical (unpaired) electrons. The molecule has 7 nitrogen and oxygen atoms in total. The van der Waals surface area contributed by atoms with Crippen molar-refractivity contribution in [2.24, 2.45) is 0 Å². The zero-order chi connectivity index (χ0) is 19.0. The van der Waals surface area contributed by atoms with E-state index in [4.69, 9.17) is 17.3 Å². The number of H-pyrrole nitrogens is 1. The lowest BCUT2D eigenvalue weighted by molar-refractivity contribution is 0.670. The molecule has 3 heterocycles. The molecule has 0 saturated heterocycles. The summed E-state index contributed by atoms with van der Waals surface area (Å²) in [7, 11) is 0. The van der Waals surface area contributed by atoms with E-state index in [1.165, 1.54) is 12.7 Å². The molecule has 138 valence electrons. The number of fused-ring (bicyclic) bond motifs is 2. The van der Waals surface area contributed by atoms with Crippen molar-refractivity contribution in [3.05, 3.63) is 58.0 Å². The van der Waals surface area contributed by atoms with E-state index in [0.717, 1.165) is 30.3 Å². The Morgan fingerprint density at radius 1 is 1.30 bits per heavy atom. The number of pyridine rings is 1. The molecule has 0 amide bonds. The van der Waals surface area contributed by atoms with Crippen LogP contribution in [0.5, 0.6) is 0 Å². The number of nitrogens with one attached hydrogen (secondary N) is 1. The monoisotopic (exact) mass is 382 g/mol. The summed E-state index contributed by atoms with van der Waals surface area (Å²) in [4.78, 5) is 26.9. The number of aryl methyl sites for hydroxylation is 1. The van der Waals surface area contributed by atoms with Gasteiger partial charge in [0.1, 0.15) is 11.8 Å². The van der Waals surface area contributed by atoms with Crippen LogP contribution in [0.25, 0.3) is 21.9 Å². The van der Waals surface area contributed by atoms with Gasteiger partial charge in [-0.3, -0.25) is 4.79 Å². The Labute approximate surface area is 160 Å². The highest BCUT2D eigenvalue weighted by Crippen LogP contribution is 2.35. The Morgan fingerprint density at radius 3 is 2.81 bits per heavy atom. The fourth-order valence-corrected chi connectivity index (χ4v) is 3.44. The predicted octanol–water partition coefficient (Wildman–Crippen LogP) is 3.49. The van der Waals surface area contributed by atoms with Crippen LogP contribution < -0.4 is 11.3 Å². The molecular weight excluding hydrogens is 364 g/mol. The number of nitrogens with two attached hydrogens (primary N) is 1. The van der Waals surface area contributed by atoms with Gasteiger partial charge in [0.05, 0.1) is 16.7 Å². The average molecular weight is 383 g/mol. The van der Waals surface area contributed by atoms with E-state index in [-0.39, 0.29) is 5.56 Å². The largest absolute Gasteiger partial charge is 0.382 e. The smallest absolute Gasteiger partial charge is 0.260 e. The van der Waals surface area contributed by atoms with E-state index in [1.54, 1.807) is 6.07 Å². The predicted molar refractivity (Wildman–Crippen MR) is 107 cm³/mol. The quantitative estimate of drug-likeness (QED) is 0.552. The molecule has 1 aromatic carbocycles. The average Bonchev–Trinajstić information content (AvgIpc) is 3.37. The summed E-state index contributed by atoms with van der Waals surface area (Å²) in [5, 5.41) is 2.18. The maximum Gasteiger partial charge on any atom is 0.260 e. The molecule has 27 heavy (non-hydrogen) atoms. The molecule has 3 N–H and O–H groups in total. The van der Waals surface area contributed by atoms with Crippen molar-refractivity contribution in [2.75, 3.05) is 5.73 Å². The van der Waals surface area contributed by atoms with Crippen LogP contribution in [0.1, 0.15) is 31.5 Å². The Kier molecular flexibility index (Phi) is 4.53. The Bertz CT molecular complexity index is 1180. The lowest BCUT2D eigenvalue weighted by atomic mass is 10.1. The summed E-state index contributed by atoms with van der Waals surface area (Å²) in [5.74, 6) is 0.433. The normalized spacial score (nSPS) is 13.6. The maximum absolute atomic E-state index is 12.5. The van der Waals surface area contributed by atoms with Crippen LogP contribution in [0, 0.1) is 0 Å². The van der Waals surface area contributed by atoms with Crippen molar-refractivity contribution >= 4 is 39.4 Å². The molecule has 0 atom stereocenters. The summed E-state index contributed by atoms with van der Waals surface area (Å²) in [6.45, 7) is 2.09. The third-order valence-corrected chi connectivity index (χ3v) is 4.95. The summed E-state index contributed by atoms with van der Waals surface area (Å²) in [5.41, 5.74) is 7.97. The van der Waals surface area contributed by atoms with Gasteiger partial charge in [-0.2, -0.15) is 0 Å². The second-order valence-electron chi connectivity index (χ2n) is 6.46. The van der Waals surface area contributed by atoms with Crippen LogP contribution in [-0.4, -0.2) is 24.5 Å². The van der Waals surface area contributed by atoms with Crippen molar-refractivity contribution in [3.63, 3.8) is 0 Å². The number of hydrogen-bond donors (Lipinski definition) is 2. The van der Waals surface area contributed by atoms with Gasteiger partial charge in [-0.25, -0.2) is 15.0 Å². The lowest BCUT2D eigenvalue weighted by Gasteiger charge is -2.12. The number of rotatable bonds is 2. The number of halogens is 1. The van der Waals surface area contributed by atoms with Crippen molar-refractivity contribution in [2.45, 2.75) is 32.2 Å². The Balaban J connectivity index is 0.000000153. The molecule has 0 spiro atoms. The number of nitrogen functional groups attached to an aromatic ring is 1. The number of hydrogen-bond acceptors (Lipinski definition) is 5. The highest BCUT2D eigenvalue weighted by Gasteiger charge is 2.27. The van der Waals surface area contributed by atoms with E-state index >= 15 is 0 Å². The summed E-state index contributed by atoms with van der Waals surface area (Å²) in [6.07, 6.45) is 6.04. The molecule has 5 rings (SSSR count). The zero-order valence-electron chi connectivity index (χ0n) is 14.8. The second kappa shape index (κ2) is 7.00. The van der Waals surface area contributed by atoms with Gasteiger partial charge >= 0.3 is 0 Å². The number of nitrogens with zero attached hydrogens (tertiary/aromatic N) is 4. The van der Waals surface area contributed by atoms with Gasteiger partial charge in [-0.05, 0) is 36.8 Å². The van der Waals surface area contributed by atoms with Crippen molar-refractivity contribution in [1.29, 1.82) is 0 Å². The minimum absolute atomic E-state index is 0.0763. The van der Waals surface area contributed by atoms with Gasteiger partial charge in [0.15, 0.2) is 11.5 Å². The molecule has 1 aliphatic rings. The van der Waals surface area contributed by atoms with E-state index in [9.17, 15) is 4.79 Å². The maximum atomic E-state index is 12.5. The van der Waals surface area contributed by atoms with Crippen molar-refractivity contribution < 1.29 is 0 Å². The summed E-state index contributed by atoms with van der Waals surface area (Å²) in [6, 6.07) is 8.14. The van der Waals surface area contributed by atoms with Crippen LogP contribution in [0.3, 0.4) is 0 Å². The van der Waals surface area contributed by atoms with Crippen LogP contribution in [-0.2, 0) is 6.42 Å². The van der Waals surface area contributed by atoms with Crippen LogP contribution in [0.4, 0.5) is 5.82 Å². The second-order valence-corrected chi connectivity index (χ2v) is 6.87. The molecule has 4 aromatic rings. The standard InChI is InChI=1S/C14H14ClNO.C5H5N5/c1-2-10-8-9-4-3-5-12(15)13(9)14(17)16(10)11-6-7-11;6-4-3-5(9-1-7-3)10-2-8-4/h3-5,8,11H,2,6-7H2,1H3;1-2H,(H3,6,7,8,9,10). The van der Waals surface area contributed by atoms with E-state index in [0.29, 0.717) is 33.4 Å². The molecule has 0 unspecified atom stereocenters. The molecule has 1 aliphatic carbocycles. The first-order valence-electron chi connectivity index (χ1n) is 8.82. The van der Waals surface area contributed by atoms with Crippen LogP contribution in [0.15, 0.2) is 41.7 Å². The van der Waals surface area contributed by atoms with Crippen molar-refractivity contribution in [1.82, 2.24) is 24.5 Å². The number of anilines is 1. The lowest BCUT2D eigenvalue weighted by Crippen LogP contribution is -2.22. The first-order chi connectivity index (χ1) is 13.1. The molecule has 0 aliphatic heterocycles. The first kappa shape index (κ1) is 17.5. The number of benzene rings is 1. The third kappa shape index (κ3) is 3.26. The number of imidazole rings is 1. The topological polar surface area (TPSA) is 102 Å². The minimum Gasteiger partial charge on any atom is -0.382 e. The molecule has 1 saturated carbocycles. The highest BCUT2D eigenvalue weighted by atomic mass is 35.5. The molecule has 3 aromatic heterocycles. The van der Waals surface area contributed by atoms with Crippen molar-refractivity contribution in [3.8, 4) is 0 Å². The summed E-state index contributed by atoms with van der Waals surface area (Å²) >= 11 is 6.14. The van der Waals surface area contributed by atoms with E-state index in [1.807, 2.05) is 16.7 Å². The zero-order valence-corrected chi connectivity index (χ0v) is 15.6. The fraction of sp³-hybridized carbons (Fsp3) is 0.263. The molecule has 8 heteroatoms. The van der Waals surface area contributed by atoms with Gasteiger partial charge < -0.3 is 15.3 Å². The van der Waals surface area contributed by atoms with Gasteiger partial charge in [0.25, 0.3) is 5.56 Å². The minimum atomic E-state index is 0.0763. The first-order valence-corrected chi connectivity index (χ1v) is 9.20. The Hall–Kier alpha value is -2.93. The molecule has 1 fully saturated rings. The number of aromatic amines is 1. The van der Waals surface area contributed by atoms with Gasteiger partial charge in [0, 0.05) is 11.7 Å². The third-order valence-electron chi connectivity index (χ3n) is 4.64. The van der Waals surface area contributed by atoms with E-state index < -0.39 is 0 Å². The van der Waals surface area contributed by atoms with Crippen LogP contribution in [0.2, 0.25) is 5.02 Å². The number of aromatic nitrogens is 5. The molecular formula is C19H19ClN6O. The van der Waals surface area contributed by atoms with Gasteiger partial charge in [0.2, 0.25) is 0 Å². The highest BCUT2D eigenvalue weighted by molar-refractivity contribution is 6.35.